The lowest BCUT2D eigenvalue weighted by Crippen LogP contribution is -2.23. The molecule has 0 bridgehead atoms. The van der Waals surface area contributed by atoms with Crippen molar-refractivity contribution in [1.29, 1.82) is 0 Å². The number of halogens is 1. The van der Waals surface area contributed by atoms with Crippen LogP contribution in [0.3, 0.4) is 0 Å². The second kappa shape index (κ2) is 6.64. The molecule has 0 radical (unpaired) electrons. The van der Waals surface area contributed by atoms with Gasteiger partial charge >= 0.3 is 0 Å². The second-order valence-electron chi connectivity index (χ2n) is 5.11. The predicted octanol–water partition coefficient (Wildman–Crippen LogP) is 3.52. The first kappa shape index (κ1) is 15.9. The van der Waals surface area contributed by atoms with Gasteiger partial charge in [-0.05, 0) is 17.7 Å². The summed E-state index contributed by atoms with van der Waals surface area (Å²) in [4.78, 5) is 22.5. The second-order valence-corrected chi connectivity index (χ2v) is 5.52. The number of nitro benzene ring substituents is 1. The maximum absolute atomic E-state index is 12.0. The summed E-state index contributed by atoms with van der Waals surface area (Å²) in [5, 5.41) is 15.7. The third-order valence-electron chi connectivity index (χ3n) is 3.50. The Bertz CT molecular complexity index is 969. The van der Waals surface area contributed by atoms with Crippen molar-refractivity contribution in [3.8, 4) is 11.3 Å². The lowest BCUT2D eigenvalue weighted by molar-refractivity contribution is -0.384. The van der Waals surface area contributed by atoms with Crippen LogP contribution >= 0.6 is 11.6 Å². The molecular formula is C17H12ClN3O3. The van der Waals surface area contributed by atoms with Crippen LogP contribution in [0.25, 0.3) is 11.3 Å². The van der Waals surface area contributed by atoms with Gasteiger partial charge in [0.05, 0.1) is 17.2 Å². The van der Waals surface area contributed by atoms with E-state index in [2.05, 4.69) is 5.10 Å². The molecule has 3 aromatic rings. The summed E-state index contributed by atoms with van der Waals surface area (Å²) in [5.74, 6) is 0. The molecule has 0 aliphatic rings. The Kier molecular flexibility index (Phi) is 4.39. The summed E-state index contributed by atoms with van der Waals surface area (Å²) in [6.07, 6.45) is 0. The highest BCUT2D eigenvalue weighted by Gasteiger charge is 2.10. The molecule has 0 aliphatic heterocycles. The smallest absolute Gasteiger partial charge is 0.268 e. The SMILES string of the molecule is O=c1ccc(-c2cccc([N+](=O)[O-])c2)nn1Cc1ccccc1Cl. The van der Waals surface area contributed by atoms with E-state index in [4.69, 9.17) is 11.6 Å². The van der Waals surface area contributed by atoms with Crippen molar-refractivity contribution in [3.05, 3.63) is 91.7 Å². The molecule has 0 aliphatic carbocycles. The van der Waals surface area contributed by atoms with Gasteiger partial charge in [0, 0.05) is 28.8 Å². The van der Waals surface area contributed by atoms with Crippen LogP contribution in [0.15, 0.2) is 65.5 Å². The first-order valence-corrected chi connectivity index (χ1v) is 7.49. The molecule has 0 saturated heterocycles. The average molecular weight is 342 g/mol. The van der Waals surface area contributed by atoms with Gasteiger partial charge in [0.15, 0.2) is 0 Å². The van der Waals surface area contributed by atoms with E-state index in [1.165, 1.54) is 22.9 Å². The fourth-order valence-corrected chi connectivity index (χ4v) is 2.48. The number of non-ortho nitro benzene ring substituents is 1. The van der Waals surface area contributed by atoms with Crippen LogP contribution in [0, 0.1) is 10.1 Å². The van der Waals surface area contributed by atoms with Gasteiger partial charge in [-0.1, -0.05) is 41.9 Å². The molecule has 2 aromatic carbocycles. The Morgan fingerprint density at radius 3 is 2.62 bits per heavy atom. The van der Waals surface area contributed by atoms with Gasteiger partial charge in [0.1, 0.15) is 0 Å². The number of nitro groups is 1. The zero-order chi connectivity index (χ0) is 17.1. The molecule has 0 fully saturated rings. The van der Waals surface area contributed by atoms with Gasteiger partial charge in [-0.3, -0.25) is 14.9 Å². The van der Waals surface area contributed by atoms with Gasteiger partial charge in [-0.15, -0.1) is 0 Å². The highest BCUT2D eigenvalue weighted by Crippen LogP contribution is 2.21. The van der Waals surface area contributed by atoms with Crippen molar-refractivity contribution < 1.29 is 4.92 Å². The van der Waals surface area contributed by atoms with Gasteiger partial charge in [-0.2, -0.15) is 5.10 Å². The zero-order valence-corrected chi connectivity index (χ0v) is 13.2. The Labute approximate surface area is 142 Å². The topological polar surface area (TPSA) is 78.0 Å². The van der Waals surface area contributed by atoms with Crippen LogP contribution < -0.4 is 5.56 Å². The molecule has 3 rings (SSSR count). The minimum atomic E-state index is -0.469. The highest BCUT2D eigenvalue weighted by atomic mass is 35.5. The molecule has 0 saturated carbocycles. The van der Waals surface area contributed by atoms with Gasteiger partial charge in [0.2, 0.25) is 0 Å². The first-order chi connectivity index (χ1) is 11.5. The molecule has 6 nitrogen and oxygen atoms in total. The summed E-state index contributed by atoms with van der Waals surface area (Å²) in [6, 6.07) is 16.2. The standard InChI is InChI=1S/C17H12ClN3O3/c18-15-7-2-1-4-13(15)11-20-17(22)9-8-16(19-20)12-5-3-6-14(10-12)21(23)24/h1-10H,11H2. The number of rotatable bonds is 4. The maximum Gasteiger partial charge on any atom is 0.270 e. The van der Waals surface area contributed by atoms with Crippen LogP contribution in [0.5, 0.6) is 0 Å². The van der Waals surface area contributed by atoms with Gasteiger partial charge < -0.3 is 0 Å². The fourth-order valence-electron chi connectivity index (χ4n) is 2.28. The quantitative estimate of drug-likeness (QED) is 0.537. The number of benzene rings is 2. The summed E-state index contributed by atoms with van der Waals surface area (Å²) in [7, 11) is 0. The van der Waals surface area contributed by atoms with Crippen molar-refractivity contribution in [1.82, 2.24) is 9.78 Å². The summed E-state index contributed by atoms with van der Waals surface area (Å²) in [5.41, 5.74) is 1.51. The fraction of sp³-hybridized carbons (Fsp3) is 0.0588. The van der Waals surface area contributed by atoms with E-state index in [0.29, 0.717) is 16.3 Å². The van der Waals surface area contributed by atoms with E-state index in [0.717, 1.165) is 5.56 Å². The zero-order valence-electron chi connectivity index (χ0n) is 12.4. The lowest BCUT2D eigenvalue weighted by atomic mass is 10.1. The Morgan fingerprint density at radius 2 is 1.88 bits per heavy atom. The van der Waals surface area contributed by atoms with Crippen molar-refractivity contribution in [3.63, 3.8) is 0 Å². The van der Waals surface area contributed by atoms with Crippen LogP contribution in [0.4, 0.5) is 5.69 Å². The maximum atomic E-state index is 12.0. The first-order valence-electron chi connectivity index (χ1n) is 7.11. The Morgan fingerprint density at radius 1 is 1.08 bits per heavy atom. The molecule has 0 amide bonds. The molecule has 0 N–H and O–H groups in total. The van der Waals surface area contributed by atoms with Crippen LogP contribution in [0.2, 0.25) is 5.02 Å². The summed E-state index contributed by atoms with van der Waals surface area (Å²) >= 11 is 6.12. The van der Waals surface area contributed by atoms with Crippen LogP contribution in [-0.4, -0.2) is 14.7 Å². The molecule has 24 heavy (non-hydrogen) atoms. The van der Waals surface area contributed by atoms with Crippen LogP contribution in [0.1, 0.15) is 5.56 Å². The predicted molar refractivity (Wildman–Crippen MR) is 91.1 cm³/mol. The van der Waals surface area contributed by atoms with Gasteiger partial charge in [0.25, 0.3) is 11.2 Å². The molecule has 0 unspecified atom stereocenters. The lowest BCUT2D eigenvalue weighted by Gasteiger charge is -2.08. The average Bonchev–Trinajstić information content (AvgIpc) is 2.59. The van der Waals surface area contributed by atoms with Crippen molar-refractivity contribution in [2.24, 2.45) is 0 Å². The molecule has 1 aromatic heterocycles. The number of aromatic nitrogens is 2. The van der Waals surface area contributed by atoms with Crippen molar-refractivity contribution >= 4 is 17.3 Å². The minimum Gasteiger partial charge on any atom is -0.268 e. The van der Waals surface area contributed by atoms with E-state index in [-0.39, 0.29) is 17.8 Å². The van der Waals surface area contributed by atoms with Crippen molar-refractivity contribution in [2.75, 3.05) is 0 Å². The number of hydrogen-bond acceptors (Lipinski definition) is 4. The Balaban J connectivity index is 2.00. The van der Waals surface area contributed by atoms with E-state index in [1.54, 1.807) is 24.3 Å². The molecule has 120 valence electrons. The largest absolute Gasteiger partial charge is 0.270 e. The summed E-state index contributed by atoms with van der Waals surface area (Å²) in [6.45, 7) is 0.223. The molecular weight excluding hydrogens is 330 g/mol. The highest BCUT2D eigenvalue weighted by molar-refractivity contribution is 6.31. The summed E-state index contributed by atoms with van der Waals surface area (Å²) < 4.78 is 1.29. The van der Waals surface area contributed by atoms with E-state index in [9.17, 15) is 14.9 Å². The molecule has 0 atom stereocenters. The minimum absolute atomic E-state index is 0.0295. The van der Waals surface area contributed by atoms with E-state index >= 15 is 0 Å². The van der Waals surface area contributed by atoms with E-state index in [1.807, 2.05) is 18.2 Å². The normalized spacial score (nSPS) is 10.5. The third kappa shape index (κ3) is 3.33. The number of nitrogens with zero attached hydrogens (tertiary/aromatic N) is 3. The monoisotopic (exact) mass is 341 g/mol. The number of hydrogen-bond donors (Lipinski definition) is 0. The van der Waals surface area contributed by atoms with Gasteiger partial charge in [-0.25, -0.2) is 4.68 Å². The van der Waals surface area contributed by atoms with Crippen LogP contribution in [-0.2, 0) is 6.54 Å². The molecule has 0 spiro atoms. The molecule has 7 heteroatoms. The molecule has 1 heterocycles. The van der Waals surface area contributed by atoms with Crippen molar-refractivity contribution in [2.45, 2.75) is 6.54 Å². The Hall–Kier alpha value is -2.99. The van der Waals surface area contributed by atoms with E-state index < -0.39 is 4.92 Å². The third-order valence-corrected chi connectivity index (χ3v) is 3.87.